The number of anilines is 1. The van der Waals surface area contributed by atoms with Crippen LogP contribution in [0.4, 0.5) is 5.69 Å². The summed E-state index contributed by atoms with van der Waals surface area (Å²) in [5, 5.41) is 0.856. The molecule has 1 atom stereocenters. The van der Waals surface area contributed by atoms with Gasteiger partial charge < -0.3 is 9.80 Å². The van der Waals surface area contributed by atoms with Crippen molar-refractivity contribution < 1.29 is 0 Å². The highest BCUT2D eigenvalue weighted by Crippen LogP contribution is 2.31. The summed E-state index contributed by atoms with van der Waals surface area (Å²) in [5.74, 6) is 0.888. The van der Waals surface area contributed by atoms with E-state index in [1.807, 2.05) is 6.07 Å². The van der Waals surface area contributed by atoms with E-state index < -0.39 is 0 Å². The third-order valence-corrected chi connectivity index (χ3v) is 6.11. The van der Waals surface area contributed by atoms with Gasteiger partial charge in [-0.25, -0.2) is 0 Å². The lowest BCUT2D eigenvalue weighted by Gasteiger charge is -2.40. The maximum atomic E-state index is 6.23. The predicted molar refractivity (Wildman–Crippen MR) is 102 cm³/mol. The number of hydrogen-bond donors (Lipinski definition) is 0. The Hall–Kier alpha value is -0.770. The Morgan fingerprint density at radius 3 is 2.50 bits per heavy atom. The Kier molecular flexibility index (Phi) is 5.03. The molecule has 1 saturated carbocycles. The second-order valence-electron chi connectivity index (χ2n) is 8.01. The molecule has 2 saturated heterocycles. The Morgan fingerprint density at radius 2 is 1.79 bits per heavy atom. The Balaban J connectivity index is 1.28. The molecule has 0 spiro atoms. The van der Waals surface area contributed by atoms with E-state index >= 15 is 0 Å². The molecular formula is C20H30ClN3. The molecule has 0 N–H and O–H groups in total. The molecule has 132 valence electrons. The molecule has 0 radical (unpaired) electrons. The number of likely N-dealkylation sites (tertiary alicyclic amines) is 1. The van der Waals surface area contributed by atoms with Crippen LogP contribution in [0.1, 0.15) is 31.2 Å². The molecular weight excluding hydrogens is 318 g/mol. The Morgan fingerprint density at radius 1 is 1.00 bits per heavy atom. The van der Waals surface area contributed by atoms with Crippen LogP contribution in [0.15, 0.2) is 18.2 Å². The third-order valence-electron chi connectivity index (χ3n) is 5.89. The molecule has 1 aliphatic carbocycles. The van der Waals surface area contributed by atoms with E-state index in [0.29, 0.717) is 0 Å². The van der Waals surface area contributed by atoms with Crippen LogP contribution in [-0.2, 0) is 0 Å². The van der Waals surface area contributed by atoms with Crippen molar-refractivity contribution in [2.24, 2.45) is 5.92 Å². The third kappa shape index (κ3) is 4.07. The predicted octanol–water partition coefficient (Wildman–Crippen LogP) is 3.64. The number of hydrogen-bond acceptors (Lipinski definition) is 3. The minimum absolute atomic E-state index is 0.856. The molecule has 3 fully saturated rings. The van der Waals surface area contributed by atoms with Gasteiger partial charge in [-0.1, -0.05) is 11.6 Å². The second-order valence-corrected chi connectivity index (χ2v) is 8.45. The summed E-state index contributed by atoms with van der Waals surface area (Å²) in [6, 6.07) is 7.35. The molecule has 0 bridgehead atoms. The number of benzene rings is 1. The maximum absolute atomic E-state index is 6.23. The molecule has 0 aromatic heterocycles. The van der Waals surface area contributed by atoms with Crippen molar-refractivity contribution in [3.63, 3.8) is 0 Å². The number of piperidine rings is 1. The largest absolute Gasteiger partial charge is 0.369 e. The summed E-state index contributed by atoms with van der Waals surface area (Å²) < 4.78 is 0. The van der Waals surface area contributed by atoms with Crippen molar-refractivity contribution in [3.05, 3.63) is 28.8 Å². The van der Waals surface area contributed by atoms with E-state index in [-0.39, 0.29) is 0 Å². The average Bonchev–Trinajstić information content (AvgIpc) is 3.40. The van der Waals surface area contributed by atoms with Crippen molar-refractivity contribution in [2.75, 3.05) is 50.7 Å². The maximum Gasteiger partial charge on any atom is 0.0429 e. The van der Waals surface area contributed by atoms with Crippen molar-refractivity contribution in [1.82, 2.24) is 9.80 Å². The normalized spacial score (nSPS) is 26.8. The van der Waals surface area contributed by atoms with Crippen LogP contribution >= 0.6 is 11.6 Å². The van der Waals surface area contributed by atoms with Gasteiger partial charge in [0.05, 0.1) is 0 Å². The van der Waals surface area contributed by atoms with Gasteiger partial charge in [0.1, 0.15) is 0 Å². The van der Waals surface area contributed by atoms with Gasteiger partial charge in [0, 0.05) is 56.0 Å². The van der Waals surface area contributed by atoms with E-state index in [1.54, 1.807) is 0 Å². The molecule has 2 aliphatic heterocycles. The monoisotopic (exact) mass is 347 g/mol. The van der Waals surface area contributed by atoms with Crippen molar-refractivity contribution in [3.8, 4) is 0 Å². The molecule has 0 amide bonds. The van der Waals surface area contributed by atoms with Gasteiger partial charge >= 0.3 is 0 Å². The zero-order valence-electron chi connectivity index (χ0n) is 14.9. The van der Waals surface area contributed by atoms with Gasteiger partial charge in [-0.3, -0.25) is 4.90 Å². The fourth-order valence-corrected chi connectivity index (χ4v) is 4.75. The zero-order chi connectivity index (χ0) is 16.5. The lowest BCUT2D eigenvalue weighted by Crippen LogP contribution is -2.49. The first kappa shape index (κ1) is 16.7. The molecule has 4 rings (SSSR count). The topological polar surface area (TPSA) is 9.72 Å². The molecule has 1 aromatic carbocycles. The Labute approximate surface area is 151 Å². The average molecular weight is 348 g/mol. The van der Waals surface area contributed by atoms with E-state index in [1.165, 1.54) is 69.7 Å². The minimum atomic E-state index is 0.856. The number of nitrogens with zero attached hydrogens (tertiary/aromatic N) is 3. The molecule has 1 aromatic rings. The smallest absolute Gasteiger partial charge is 0.0429 e. The fraction of sp³-hybridized carbons (Fsp3) is 0.700. The summed E-state index contributed by atoms with van der Waals surface area (Å²) in [5.41, 5.74) is 2.54. The number of aryl methyl sites for hydroxylation is 1. The first-order valence-electron chi connectivity index (χ1n) is 9.66. The minimum Gasteiger partial charge on any atom is -0.369 e. The summed E-state index contributed by atoms with van der Waals surface area (Å²) in [4.78, 5) is 7.95. The van der Waals surface area contributed by atoms with E-state index in [9.17, 15) is 0 Å². The summed E-state index contributed by atoms with van der Waals surface area (Å²) in [7, 11) is 0. The second kappa shape index (κ2) is 7.23. The van der Waals surface area contributed by atoms with E-state index in [4.69, 9.17) is 11.6 Å². The van der Waals surface area contributed by atoms with Crippen LogP contribution in [0.5, 0.6) is 0 Å². The van der Waals surface area contributed by atoms with Crippen LogP contribution in [0.3, 0.4) is 0 Å². The number of rotatable bonds is 4. The first-order valence-corrected chi connectivity index (χ1v) is 10.0. The molecule has 2 heterocycles. The summed E-state index contributed by atoms with van der Waals surface area (Å²) in [6.45, 7) is 10.7. The molecule has 4 heteroatoms. The van der Waals surface area contributed by atoms with Gasteiger partial charge in [-0.2, -0.15) is 0 Å². The number of halogens is 1. The first-order chi connectivity index (χ1) is 11.7. The van der Waals surface area contributed by atoms with Gasteiger partial charge in [0.25, 0.3) is 0 Å². The van der Waals surface area contributed by atoms with Gasteiger partial charge in [-0.15, -0.1) is 0 Å². The SMILES string of the molecule is Cc1cc(Cl)cc(N2CCN(CC3CCCN(C4CC4)C3)CC2)c1. The highest BCUT2D eigenvalue weighted by Gasteiger charge is 2.33. The van der Waals surface area contributed by atoms with Crippen LogP contribution in [0.2, 0.25) is 5.02 Å². The Bertz CT molecular complexity index is 544. The summed E-state index contributed by atoms with van der Waals surface area (Å²) >= 11 is 6.23. The van der Waals surface area contributed by atoms with Crippen molar-refractivity contribution in [1.29, 1.82) is 0 Å². The van der Waals surface area contributed by atoms with Crippen LogP contribution in [0.25, 0.3) is 0 Å². The van der Waals surface area contributed by atoms with Crippen LogP contribution in [-0.4, -0.2) is 61.7 Å². The molecule has 3 nitrogen and oxygen atoms in total. The highest BCUT2D eigenvalue weighted by atomic mass is 35.5. The van der Waals surface area contributed by atoms with Crippen molar-refractivity contribution in [2.45, 2.75) is 38.6 Å². The fourth-order valence-electron chi connectivity index (χ4n) is 4.47. The van der Waals surface area contributed by atoms with E-state index in [2.05, 4.69) is 33.8 Å². The molecule has 24 heavy (non-hydrogen) atoms. The summed E-state index contributed by atoms with van der Waals surface area (Å²) in [6.07, 6.45) is 5.73. The number of piperazine rings is 1. The lowest BCUT2D eigenvalue weighted by atomic mass is 9.97. The van der Waals surface area contributed by atoms with E-state index in [0.717, 1.165) is 30.1 Å². The van der Waals surface area contributed by atoms with Crippen LogP contribution < -0.4 is 4.90 Å². The van der Waals surface area contributed by atoms with Gasteiger partial charge in [0.15, 0.2) is 0 Å². The standard InChI is InChI=1S/C20H30ClN3/c1-16-11-18(21)13-20(12-16)23-9-7-22(8-10-23)14-17-3-2-6-24(15-17)19-4-5-19/h11-13,17,19H,2-10,14-15H2,1H3. The van der Waals surface area contributed by atoms with Gasteiger partial charge in [-0.05, 0) is 68.8 Å². The van der Waals surface area contributed by atoms with Crippen molar-refractivity contribution >= 4 is 17.3 Å². The quantitative estimate of drug-likeness (QED) is 0.823. The lowest BCUT2D eigenvalue weighted by molar-refractivity contribution is 0.124. The highest BCUT2D eigenvalue weighted by molar-refractivity contribution is 6.30. The zero-order valence-corrected chi connectivity index (χ0v) is 15.6. The molecule has 3 aliphatic rings. The van der Waals surface area contributed by atoms with Crippen LogP contribution in [0, 0.1) is 12.8 Å². The molecule has 1 unspecified atom stereocenters. The van der Waals surface area contributed by atoms with Gasteiger partial charge in [0.2, 0.25) is 0 Å².